The fraction of sp³-hybridized carbons (Fsp3) is 0.125. The fourth-order valence-corrected chi connectivity index (χ4v) is 1.97. The maximum atomic E-state index is 12.0. The topological polar surface area (TPSA) is 103 Å². The first-order valence-corrected chi connectivity index (χ1v) is 6.85. The average molecular weight is 329 g/mol. The lowest BCUT2D eigenvalue weighted by Crippen LogP contribution is -2.19. The summed E-state index contributed by atoms with van der Waals surface area (Å²) in [6.45, 7) is 0. The van der Waals surface area contributed by atoms with E-state index in [4.69, 9.17) is 9.47 Å². The lowest BCUT2D eigenvalue weighted by molar-refractivity contribution is -0.385. The Balaban J connectivity index is 2.15. The molecule has 0 aliphatic rings. The Morgan fingerprint density at radius 3 is 2.62 bits per heavy atom. The summed E-state index contributed by atoms with van der Waals surface area (Å²) in [4.78, 5) is 22.3. The molecule has 0 heterocycles. The van der Waals surface area contributed by atoms with Crippen LogP contribution >= 0.6 is 0 Å². The Hall–Kier alpha value is -3.42. The van der Waals surface area contributed by atoms with Crippen LogP contribution in [0.2, 0.25) is 0 Å². The Labute approximate surface area is 137 Å². The smallest absolute Gasteiger partial charge is 0.282 e. The van der Waals surface area contributed by atoms with Crippen LogP contribution < -0.4 is 14.9 Å². The van der Waals surface area contributed by atoms with Crippen molar-refractivity contribution in [1.29, 1.82) is 0 Å². The predicted octanol–water partition coefficient (Wildman–Crippen LogP) is 2.38. The lowest BCUT2D eigenvalue weighted by Gasteiger charge is -2.07. The van der Waals surface area contributed by atoms with Gasteiger partial charge in [-0.2, -0.15) is 5.10 Å². The SMILES string of the molecule is COc1ccc(/C=N/NC(=O)c2ccccc2[N+](=O)[O-])c(OC)c1. The molecule has 124 valence electrons. The number of amides is 1. The number of nitrogens with one attached hydrogen (secondary N) is 1. The van der Waals surface area contributed by atoms with E-state index in [-0.39, 0.29) is 11.3 Å². The van der Waals surface area contributed by atoms with E-state index < -0.39 is 10.8 Å². The zero-order valence-electron chi connectivity index (χ0n) is 13.1. The molecule has 0 aromatic heterocycles. The highest BCUT2D eigenvalue weighted by Gasteiger charge is 2.18. The average Bonchev–Trinajstić information content (AvgIpc) is 2.61. The number of carbonyl (C=O) groups excluding carboxylic acids is 1. The van der Waals surface area contributed by atoms with Gasteiger partial charge in [0.15, 0.2) is 0 Å². The summed E-state index contributed by atoms with van der Waals surface area (Å²) in [6, 6.07) is 10.7. The molecule has 0 saturated carbocycles. The fourth-order valence-electron chi connectivity index (χ4n) is 1.97. The van der Waals surface area contributed by atoms with Crippen LogP contribution in [0.3, 0.4) is 0 Å². The molecule has 1 amide bonds. The van der Waals surface area contributed by atoms with Gasteiger partial charge in [0.1, 0.15) is 17.1 Å². The maximum absolute atomic E-state index is 12.0. The zero-order chi connectivity index (χ0) is 17.5. The van der Waals surface area contributed by atoms with Crippen molar-refractivity contribution >= 4 is 17.8 Å². The van der Waals surface area contributed by atoms with Gasteiger partial charge in [-0.3, -0.25) is 14.9 Å². The van der Waals surface area contributed by atoms with E-state index in [1.165, 1.54) is 44.7 Å². The second-order valence-corrected chi connectivity index (χ2v) is 4.58. The van der Waals surface area contributed by atoms with Crippen molar-refractivity contribution in [2.24, 2.45) is 5.10 Å². The normalized spacial score (nSPS) is 10.4. The second kappa shape index (κ2) is 7.73. The van der Waals surface area contributed by atoms with E-state index in [0.717, 1.165) is 0 Å². The number of nitro benzene ring substituents is 1. The summed E-state index contributed by atoms with van der Waals surface area (Å²) in [7, 11) is 3.04. The number of hydrogen-bond donors (Lipinski definition) is 1. The van der Waals surface area contributed by atoms with Crippen molar-refractivity contribution in [3.8, 4) is 11.5 Å². The third kappa shape index (κ3) is 3.86. The van der Waals surface area contributed by atoms with Crippen molar-refractivity contribution in [2.45, 2.75) is 0 Å². The van der Waals surface area contributed by atoms with Gasteiger partial charge in [0.25, 0.3) is 11.6 Å². The molecule has 2 rings (SSSR count). The van der Waals surface area contributed by atoms with Gasteiger partial charge < -0.3 is 9.47 Å². The zero-order valence-corrected chi connectivity index (χ0v) is 13.1. The molecule has 24 heavy (non-hydrogen) atoms. The molecule has 1 N–H and O–H groups in total. The van der Waals surface area contributed by atoms with Gasteiger partial charge in [-0.15, -0.1) is 0 Å². The van der Waals surface area contributed by atoms with E-state index in [1.807, 2.05) is 0 Å². The van der Waals surface area contributed by atoms with Crippen LogP contribution in [0.25, 0.3) is 0 Å². The first-order valence-electron chi connectivity index (χ1n) is 6.85. The monoisotopic (exact) mass is 329 g/mol. The maximum Gasteiger partial charge on any atom is 0.282 e. The highest BCUT2D eigenvalue weighted by molar-refractivity contribution is 5.98. The molecule has 0 aliphatic carbocycles. The number of methoxy groups -OCH3 is 2. The van der Waals surface area contributed by atoms with Crippen LogP contribution in [-0.2, 0) is 0 Å². The quantitative estimate of drug-likeness (QED) is 0.498. The molecule has 2 aromatic carbocycles. The number of hydrogen-bond acceptors (Lipinski definition) is 6. The third-order valence-corrected chi connectivity index (χ3v) is 3.16. The number of carbonyl (C=O) groups is 1. The van der Waals surface area contributed by atoms with Gasteiger partial charge in [0.05, 0.1) is 25.4 Å². The number of nitro groups is 1. The van der Waals surface area contributed by atoms with Gasteiger partial charge in [-0.05, 0) is 18.2 Å². The van der Waals surface area contributed by atoms with Crippen LogP contribution in [-0.4, -0.2) is 31.3 Å². The van der Waals surface area contributed by atoms with Crippen LogP contribution in [0, 0.1) is 10.1 Å². The van der Waals surface area contributed by atoms with Gasteiger partial charge in [-0.1, -0.05) is 12.1 Å². The van der Waals surface area contributed by atoms with E-state index in [9.17, 15) is 14.9 Å². The second-order valence-electron chi connectivity index (χ2n) is 4.58. The Morgan fingerprint density at radius 2 is 1.96 bits per heavy atom. The summed E-state index contributed by atoms with van der Waals surface area (Å²) >= 11 is 0. The minimum absolute atomic E-state index is 0.0682. The van der Waals surface area contributed by atoms with Crippen molar-refractivity contribution < 1.29 is 19.2 Å². The number of rotatable bonds is 6. The Morgan fingerprint density at radius 1 is 1.21 bits per heavy atom. The number of hydrazone groups is 1. The van der Waals surface area contributed by atoms with Crippen molar-refractivity contribution in [2.75, 3.05) is 14.2 Å². The summed E-state index contributed by atoms with van der Waals surface area (Å²) < 4.78 is 10.3. The van der Waals surface area contributed by atoms with Crippen LogP contribution in [0.15, 0.2) is 47.6 Å². The largest absolute Gasteiger partial charge is 0.497 e. The molecule has 0 unspecified atom stereocenters. The number of ether oxygens (including phenoxy) is 2. The van der Waals surface area contributed by atoms with Crippen molar-refractivity contribution in [3.63, 3.8) is 0 Å². The van der Waals surface area contributed by atoms with Gasteiger partial charge in [0.2, 0.25) is 0 Å². The molecule has 0 atom stereocenters. The number of nitrogens with zero attached hydrogens (tertiary/aromatic N) is 2. The first kappa shape index (κ1) is 16.9. The highest BCUT2D eigenvalue weighted by atomic mass is 16.6. The van der Waals surface area contributed by atoms with Gasteiger partial charge in [-0.25, -0.2) is 5.43 Å². The number of benzene rings is 2. The van der Waals surface area contributed by atoms with E-state index in [2.05, 4.69) is 10.5 Å². The van der Waals surface area contributed by atoms with E-state index >= 15 is 0 Å². The van der Waals surface area contributed by atoms with Crippen LogP contribution in [0.1, 0.15) is 15.9 Å². The first-order chi connectivity index (χ1) is 11.6. The molecule has 0 bridgehead atoms. The van der Waals surface area contributed by atoms with Gasteiger partial charge >= 0.3 is 0 Å². The highest BCUT2D eigenvalue weighted by Crippen LogP contribution is 2.23. The van der Waals surface area contributed by atoms with Crippen LogP contribution in [0.4, 0.5) is 5.69 Å². The minimum Gasteiger partial charge on any atom is -0.497 e. The summed E-state index contributed by atoms with van der Waals surface area (Å²) in [5.41, 5.74) is 2.52. The molecular weight excluding hydrogens is 314 g/mol. The summed E-state index contributed by atoms with van der Waals surface area (Å²) in [5.74, 6) is 0.456. The van der Waals surface area contributed by atoms with Crippen molar-refractivity contribution in [3.05, 3.63) is 63.7 Å². The van der Waals surface area contributed by atoms with E-state index in [0.29, 0.717) is 17.1 Å². The van der Waals surface area contributed by atoms with Crippen molar-refractivity contribution in [1.82, 2.24) is 5.43 Å². The molecule has 2 aromatic rings. The minimum atomic E-state index is -0.675. The summed E-state index contributed by atoms with van der Waals surface area (Å²) in [5, 5.41) is 14.7. The molecule has 8 nitrogen and oxygen atoms in total. The van der Waals surface area contributed by atoms with Crippen LogP contribution in [0.5, 0.6) is 11.5 Å². The standard InChI is InChI=1S/C16H15N3O5/c1-23-12-8-7-11(15(9-12)24-2)10-17-18-16(20)13-5-3-4-6-14(13)19(21)22/h3-10H,1-2H3,(H,18,20)/b17-10+. The Bertz CT molecular complexity index is 789. The molecular formula is C16H15N3O5. The summed E-state index contributed by atoms with van der Waals surface area (Å²) in [6.07, 6.45) is 1.38. The number of para-hydroxylation sites is 1. The Kier molecular flexibility index (Phi) is 5.45. The third-order valence-electron chi connectivity index (χ3n) is 3.16. The molecule has 8 heteroatoms. The molecule has 0 radical (unpaired) electrons. The molecule has 0 fully saturated rings. The lowest BCUT2D eigenvalue weighted by atomic mass is 10.2. The van der Waals surface area contributed by atoms with Gasteiger partial charge in [0, 0.05) is 17.7 Å². The molecule has 0 aliphatic heterocycles. The molecule has 0 spiro atoms. The predicted molar refractivity (Wildman–Crippen MR) is 87.7 cm³/mol. The van der Waals surface area contributed by atoms with E-state index in [1.54, 1.807) is 18.2 Å². The molecule has 0 saturated heterocycles.